The molecular formula is C12H7BrClFN2O2. The van der Waals surface area contributed by atoms with Crippen LogP contribution < -0.4 is 10.5 Å². The third-order valence-electron chi connectivity index (χ3n) is 2.20. The summed E-state index contributed by atoms with van der Waals surface area (Å²) in [6.45, 7) is 0. The summed E-state index contributed by atoms with van der Waals surface area (Å²) in [6.07, 6.45) is 1.46. The van der Waals surface area contributed by atoms with Crippen molar-refractivity contribution in [3.63, 3.8) is 0 Å². The Bertz CT molecular complexity index is 652. The minimum absolute atomic E-state index is 0.0378. The van der Waals surface area contributed by atoms with Crippen LogP contribution in [0.2, 0.25) is 5.02 Å². The van der Waals surface area contributed by atoms with Gasteiger partial charge >= 0.3 is 0 Å². The van der Waals surface area contributed by atoms with E-state index in [9.17, 15) is 9.18 Å². The summed E-state index contributed by atoms with van der Waals surface area (Å²) in [4.78, 5) is 15.1. The molecule has 0 radical (unpaired) electrons. The maximum Gasteiger partial charge on any atom is 0.255 e. The number of carbonyl (C=O) groups is 1. The number of hydrogen-bond acceptors (Lipinski definition) is 3. The normalized spacial score (nSPS) is 10.3. The van der Waals surface area contributed by atoms with Crippen LogP contribution in [0.25, 0.3) is 0 Å². The Hall–Kier alpha value is -1.66. The number of halogens is 3. The lowest BCUT2D eigenvalue weighted by Gasteiger charge is -2.10. The molecule has 1 heterocycles. The van der Waals surface area contributed by atoms with Gasteiger partial charge in [0.2, 0.25) is 5.88 Å². The van der Waals surface area contributed by atoms with Gasteiger partial charge in [-0.1, -0.05) is 17.7 Å². The van der Waals surface area contributed by atoms with Crippen molar-refractivity contribution in [1.29, 1.82) is 0 Å². The number of primary amides is 1. The number of pyridine rings is 1. The van der Waals surface area contributed by atoms with E-state index in [4.69, 9.17) is 22.1 Å². The maximum absolute atomic E-state index is 13.5. The Balaban J connectivity index is 2.44. The van der Waals surface area contributed by atoms with Crippen LogP contribution in [0, 0.1) is 5.82 Å². The number of nitrogens with zero attached hydrogens (tertiary/aromatic N) is 1. The van der Waals surface area contributed by atoms with Crippen LogP contribution in [-0.4, -0.2) is 10.9 Å². The molecule has 19 heavy (non-hydrogen) atoms. The molecule has 1 aromatic carbocycles. The standard InChI is InChI=1S/C12H7BrClFN2O2/c13-6-4-7(14)12(17-5-6)19-9-3-1-2-8(15)10(9)11(16)18/h1-5H,(H2,16,18). The maximum atomic E-state index is 13.5. The van der Waals surface area contributed by atoms with Crippen LogP contribution in [0.5, 0.6) is 11.6 Å². The van der Waals surface area contributed by atoms with Gasteiger partial charge in [0.25, 0.3) is 5.91 Å². The van der Waals surface area contributed by atoms with Gasteiger partial charge in [-0.3, -0.25) is 4.79 Å². The molecular weight excluding hydrogens is 338 g/mol. The Kier molecular flexibility index (Phi) is 4.01. The third kappa shape index (κ3) is 3.02. The number of rotatable bonds is 3. The molecule has 2 aromatic rings. The van der Waals surface area contributed by atoms with Gasteiger partial charge in [-0.15, -0.1) is 0 Å². The molecule has 4 nitrogen and oxygen atoms in total. The molecule has 0 unspecified atom stereocenters. The molecule has 2 rings (SSSR count). The van der Waals surface area contributed by atoms with Crippen molar-refractivity contribution in [3.05, 3.63) is 51.3 Å². The molecule has 7 heteroatoms. The Labute approximate surface area is 121 Å². The second-order valence-corrected chi connectivity index (χ2v) is 4.84. The Morgan fingerprint density at radius 1 is 1.47 bits per heavy atom. The molecule has 0 aliphatic heterocycles. The van der Waals surface area contributed by atoms with Crippen LogP contribution in [0.4, 0.5) is 4.39 Å². The first kappa shape index (κ1) is 13.8. The molecule has 0 fully saturated rings. The van der Waals surface area contributed by atoms with Crippen LogP contribution in [0.1, 0.15) is 10.4 Å². The topological polar surface area (TPSA) is 65.2 Å². The van der Waals surface area contributed by atoms with E-state index in [1.165, 1.54) is 18.3 Å². The van der Waals surface area contributed by atoms with Crippen LogP contribution in [0.15, 0.2) is 34.9 Å². The first-order chi connectivity index (χ1) is 8.99. The van der Waals surface area contributed by atoms with Gasteiger partial charge in [0.15, 0.2) is 0 Å². The number of benzene rings is 1. The molecule has 2 N–H and O–H groups in total. The fourth-order valence-electron chi connectivity index (χ4n) is 1.41. The molecule has 0 aliphatic carbocycles. The zero-order valence-electron chi connectivity index (χ0n) is 9.36. The van der Waals surface area contributed by atoms with Crippen molar-refractivity contribution in [2.45, 2.75) is 0 Å². The summed E-state index contributed by atoms with van der Waals surface area (Å²) in [5.41, 5.74) is 4.77. The second-order valence-electron chi connectivity index (χ2n) is 3.52. The molecule has 1 amide bonds. The third-order valence-corrected chi connectivity index (χ3v) is 2.91. The van der Waals surface area contributed by atoms with E-state index < -0.39 is 11.7 Å². The van der Waals surface area contributed by atoms with E-state index in [-0.39, 0.29) is 22.2 Å². The molecule has 0 aliphatic rings. The molecule has 1 aromatic heterocycles. The number of nitrogens with two attached hydrogens (primary N) is 1. The first-order valence-electron chi connectivity index (χ1n) is 5.06. The van der Waals surface area contributed by atoms with E-state index in [1.54, 1.807) is 6.07 Å². The van der Waals surface area contributed by atoms with Gasteiger partial charge in [-0.25, -0.2) is 9.37 Å². The highest BCUT2D eigenvalue weighted by atomic mass is 79.9. The molecule has 0 saturated carbocycles. The predicted octanol–water partition coefficient (Wildman–Crippen LogP) is 3.53. The van der Waals surface area contributed by atoms with Crippen LogP contribution in [0.3, 0.4) is 0 Å². The van der Waals surface area contributed by atoms with Crippen molar-refractivity contribution in [3.8, 4) is 11.6 Å². The number of aromatic nitrogens is 1. The highest BCUT2D eigenvalue weighted by Crippen LogP contribution is 2.31. The van der Waals surface area contributed by atoms with Crippen molar-refractivity contribution in [2.75, 3.05) is 0 Å². The molecule has 0 atom stereocenters. The summed E-state index contributed by atoms with van der Waals surface area (Å²) in [6, 6.07) is 5.48. The lowest BCUT2D eigenvalue weighted by atomic mass is 10.2. The monoisotopic (exact) mass is 344 g/mol. The number of hydrogen-bond donors (Lipinski definition) is 1. The van der Waals surface area contributed by atoms with Gasteiger partial charge in [-0.05, 0) is 34.1 Å². The summed E-state index contributed by atoms with van der Waals surface area (Å²) in [7, 11) is 0. The van der Waals surface area contributed by atoms with Gasteiger partial charge in [-0.2, -0.15) is 0 Å². The Morgan fingerprint density at radius 3 is 2.84 bits per heavy atom. The smallest absolute Gasteiger partial charge is 0.255 e. The SMILES string of the molecule is NC(=O)c1c(F)cccc1Oc1ncc(Br)cc1Cl. The van der Waals surface area contributed by atoms with E-state index >= 15 is 0 Å². The lowest BCUT2D eigenvalue weighted by Crippen LogP contribution is -2.14. The number of carbonyl (C=O) groups excluding carboxylic acids is 1. The highest BCUT2D eigenvalue weighted by Gasteiger charge is 2.17. The summed E-state index contributed by atoms with van der Waals surface area (Å²) in [5.74, 6) is -1.68. The van der Waals surface area contributed by atoms with Crippen LogP contribution >= 0.6 is 27.5 Å². The largest absolute Gasteiger partial charge is 0.437 e. The van der Waals surface area contributed by atoms with E-state index in [1.807, 2.05) is 0 Å². The summed E-state index contributed by atoms with van der Waals surface area (Å²) in [5, 5.41) is 0.217. The lowest BCUT2D eigenvalue weighted by molar-refractivity contribution is 0.0994. The van der Waals surface area contributed by atoms with Crippen LogP contribution in [-0.2, 0) is 0 Å². The molecule has 98 valence electrons. The average molecular weight is 346 g/mol. The van der Waals surface area contributed by atoms with Crippen molar-refractivity contribution < 1.29 is 13.9 Å². The zero-order chi connectivity index (χ0) is 14.0. The molecule has 0 spiro atoms. The number of ether oxygens (including phenoxy) is 1. The van der Waals surface area contributed by atoms with E-state index in [2.05, 4.69) is 20.9 Å². The fraction of sp³-hybridized carbons (Fsp3) is 0. The van der Waals surface area contributed by atoms with Crippen molar-refractivity contribution >= 4 is 33.4 Å². The minimum Gasteiger partial charge on any atom is -0.437 e. The fourth-order valence-corrected chi connectivity index (χ4v) is 2.08. The molecule has 0 saturated heterocycles. The van der Waals surface area contributed by atoms with Crippen molar-refractivity contribution in [1.82, 2.24) is 4.98 Å². The van der Waals surface area contributed by atoms with Gasteiger partial charge < -0.3 is 10.5 Å². The zero-order valence-corrected chi connectivity index (χ0v) is 11.7. The Morgan fingerprint density at radius 2 is 2.21 bits per heavy atom. The van der Waals surface area contributed by atoms with E-state index in [0.717, 1.165) is 6.07 Å². The van der Waals surface area contributed by atoms with Gasteiger partial charge in [0.05, 0.1) is 0 Å². The van der Waals surface area contributed by atoms with Gasteiger partial charge in [0.1, 0.15) is 22.2 Å². The minimum atomic E-state index is -0.929. The van der Waals surface area contributed by atoms with E-state index in [0.29, 0.717) is 4.47 Å². The highest BCUT2D eigenvalue weighted by molar-refractivity contribution is 9.10. The first-order valence-corrected chi connectivity index (χ1v) is 6.23. The number of amides is 1. The summed E-state index contributed by atoms with van der Waals surface area (Å²) < 4.78 is 19.5. The molecule has 0 bridgehead atoms. The predicted molar refractivity (Wildman–Crippen MR) is 71.9 cm³/mol. The van der Waals surface area contributed by atoms with Crippen molar-refractivity contribution in [2.24, 2.45) is 5.73 Å². The summed E-state index contributed by atoms with van der Waals surface area (Å²) >= 11 is 9.12. The van der Waals surface area contributed by atoms with Gasteiger partial charge in [0, 0.05) is 10.7 Å². The quantitative estimate of drug-likeness (QED) is 0.925. The average Bonchev–Trinajstić information content (AvgIpc) is 2.32. The second kappa shape index (κ2) is 5.54.